The quantitative estimate of drug-likeness (QED) is 0.605. The molecule has 1 aromatic heterocycles. The Balaban J connectivity index is 1.51. The second kappa shape index (κ2) is 6.12. The van der Waals surface area contributed by atoms with Crippen LogP contribution in [0.2, 0.25) is 0 Å². The summed E-state index contributed by atoms with van der Waals surface area (Å²) < 4.78 is 28.4. The molecule has 0 saturated heterocycles. The third-order valence-corrected chi connectivity index (χ3v) is 5.45. The Bertz CT molecular complexity index is 697. The van der Waals surface area contributed by atoms with Crippen molar-refractivity contribution in [2.45, 2.75) is 28.9 Å². The molecule has 0 bridgehead atoms. The first-order valence-electron chi connectivity index (χ1n) is 6.62. The van der Waals surface area contributed by atoms with E-state index in [2.05, 4.69) is 20.2 Å². The van der Waals surface area contributed by atoms with E-state index in [0.717, 1.165) is 18.0 Å². The molecule has 1 aliphatic rings. The van der Waals surface area contributed by atoms with Crippen molar-refractivity contribution in [2.75, 3.05) is 12.3 Å². The molecule has 0 radical (unpaired) electrons. The van der Waals surface area contributed by atoms with E-state index in [1.807, 2.05) is 4.68 Å². The monoisotopic (exact) mass is 325 g/mol. The van der Waals surface area contributed by atoms with E-state index >= 15 is 0 Å². The number of thioether (sulfide) groups is 1. The molecule has 0 atom stereocenters. The number of nitrogens with one attached hydrogen (secondary N) is 1. The van der Waals surface area contributed by atoms with Crippen LogP contribution in [-0.4, -0.2) is 40.9 Å². The lowest BCUT2D eigenvalue weighted by molar-refractivity contribution is 0.565. The molecular weight excluding hydrogens is 310 g/mol. The fourth-order valence-electron chi connectivity index (χ4n) is 1.83. The maximum Gasteiger partial charge on any atom is 0.240 e. The molecule has 2 aromatic rings. The van der Waals surface area contributed by atoms with E-state index in [4.69, 9.17) is 0 Å². The van der Waals surface area contributed by atoms with Gasteiger partial charge in [-0.05, 0) is 35.4 Å². The minimum atomic E-state index is -3.44. The van der Waals surface area contributed by atoms with Gasteiger partial charge in [-0.25, -0.2) is 17.8 Å². The van der Waals surface area contributed by atoms with Gasteiger partial charge in [-0.15, -0.1) is 5.10 Å². The number of sulfonamides is 1. The Morgan fingerprint density at radius 3 is 2.76 bits per heavy atom. The summed E-state index contributed by atoms with van der Waals surface area (Å²) in [5.41, 5.74) is 0. The number of hydrogen-bond acceptors (Lipinski definition) is 6. The summed E-state index contributed by atoms with van der Waals surface area (Å²) in [6.07, 6.45) is 2.22. The van der Waals surface area contributed by atoms with Crippen LogP contribution in [0.15, 0.2) is 40.4 Å². The topological polar surface area (TPSA) is 89.8 Å². The highest BCUT2D eigenvalue weighted by Gasteiger charge is 2.27. The number of tetrazole rings is 1. The van der Waals surface area contributed by atoms with Crippen molar-refractivity contribution in [1.82, 2.24) is 24.9 Å². The molecule has 7 nitrogen and oxygen atoms in total. The van der Waals surface area contributed by atoms with Crippen molar-refractivity contribution >= 4 is 21.8 Å². The molecule has 1 heterocycles. The maximum absolute atomic E-state index is 12.0. The van der Waals surface area contributed by atoms with E-state index < -0.39 is 10.0 Å². The number of aromatic nitrogens is 4. The highest BCUT2D eigenvalue weighted by molar-refractivity contribution is 7.99. The van der Waals surface area contributed by atoms with Crippen LogP contribution in [-0.2, 0) is 10.0 Å². The molecule has 1 aliphatic carbocycles. The average molecular weight is 325 g/mol. The minimum Gasteiger partial charge on any atom is -0.217 e. The maximum atomic E-state index is 12.0. The van der Waals surface area contributed by atoms with Crippen molar-refractivity contribution in [3.8, 4) is 0 Å². The zero-order valence-corrected chi connectivity index (χ0v) is 12.8. The summed E-state index contributed by atoms with van der Waals surface area (Å²) in [5, 5.41) is 12.3. The van der Waals surface area contributed by atoms with Gasteiger partial charge in [0.1, 0.15) is 0 Å². The van der Waals surface area contributed by atoms with E-state index in [1.165, 1.54) is 11.8 Å². The van der Waals surface area contributed by atoms with Crippen LogP contribution in [0.4, 0.5) is 0 Å². The molecule has 0 unspecified atom stereocenters. The van der Waals surface area contributed by atoms with E-state index in [-0.39, 0.29) is 4.90 Å². The van der Waals surface area contributed by atoms with Crippen LogP contribution in [0.3, 0.4) is 0 Å². The van der Waals surface area contributed by atoms with Crippen molar-refractivity contribution in [3.63, 3.8) is 0 Å². The van der Waals surface area contributed by atoms with Crippen LogP contribution < -0.4 is 4.72 Å². The smallest absolute Gasteiger partial charge is 0.217 e. The second-order valence-electron chi connectivity index (χ2n) is 4.70. The predicted octanol–water partition coefficient (Wildman–Crippen LogP) is 1.08. The first-order valence-corrected chi connectivity index (χ1v) is 9.09. The standard InChI is InChI=1S/C12H15N5O2S2/c18-21(19,11-4-2-1-3-5-11)13-8-9-20-12-14-15-16-17(12)10-6-7-10/h1-5,10,13H,6-9H2. The molecule has 0 amide bonds. The molecule has 1 fully saturated rings. The third-order valence-electron chi connectivity index (χ3n) is 3.03. The Hall–Kier alpha value is -1.45. The van der Waals surface area contributed by atoms with Gasteiger partial charge in [0.15, 0.2) is 0 Å². The van der Waals surface area contributed by atoms with Crippen LogP contribution >= 0.6 is 11.8 Å². The van der Waals surface area contributed by atoms with Gasteiger partial charge in [-0.1, -0.05) is 30.0 Å². The Kier molecular flexibility index (Phi) is 4.22. The Morgan fingerprint density at radius 2 is 2.05 bits per heavy atom. The van der Waals surface area contributed by atoms with Crippen molar-refractivity contribution in [3.05, 3.63) is 30.3 Å². The molecule has 0 aliphatic heterocycles. The number of benzene rings is 1. The fourth-order valence-corrected chi connectivity index (χ4v) is 3.81. The largest absolute Gasteiger partial charge is 0.240 e. The number of nitrogens with zero attached hydrogens (tertiary/aromatic N) is 4. The molecule has 1 N–H and O–H groups in total. The lowest BCUT2D eigenvalue weighted by atomic mass is 10.4. The van der Waals surface area contributed by atoms with E-state index in [1.54, 1.807) is 30.3 Å². The number of hydrogen-bond donors (Lipinski definition) is 1. The second-order valence-corrected chi connectivity index (χ2v) is 7.53. The lowest BCUT2D eigenvalue weighted by Crippen LogP contribution is -2.26. The highest BCUT2D eigenvalue weighted by atomic mass is 32.2. The third kappa shape index (κ3) is 3.60. The molecule has 1 aromatic carbocycles. The summed E-state index contributed by atoms with van der Waals surface area (Å²) in [7, 11) is -3.44. The first-order chi connectivity index (χ1) is 10.2. The SMILES string of the molecule is O=S(=O)(NCCSc1nnnn1C1CC1)c1ccccc1. The summed E-state index contributed by atoms with van der Waals surface area (Å²) in [6, 6.07) is 8.75. The Labute approximate surface area is 127 Å². The Morgan fingerprint density at radius 1 is 1.29 bits per heavy atom. The van der Waals surface area contributed by atoms with E-state index in [0.29, 0.717) is 18.3 Å². The zero-order chi connectivity index (χ0) is 14.7. The average Bonchev–Trinajstić information content (AvgIpc) is 3.24. The first kappa shape index (κ1) is 14.5. The zero-order valence-electron chi connectivity index (χ0n) is 11.2. The summed E-state index contributed by atoms with van der Waals surface area (Å²) in [6.45, 7) is 0.333. The lowest BCUT2D eigenvalue weighted by Gasteiger charge is -2.06. The molecule has 112 valence electrons. The van der Waals surface area contributed by atoms with Crippen LogP contribution in [0.25, 0.3) is 0 Å². The van der Waals surface area contributed by atoms with Gasteiger partial charge < -0.3 is 0 Å². The van der Waals surface area contributed by atoms with Crippen molar-refractivity contribution in [1.29, 1.82) is 0 Å². The highest BCUT2D eigenvalue weighted by Crippen LogP contribution is 2.36. The van der Waals surface area contributed by atoms with Crippen molar-refractivity contribution < 1.29 is 8.42 Å². The van der Waals surface area contributed by atoms with Gasteiger partial charge in [0.05, 0.1) is 10.9 Å². The van der Waals surface area contributed by atoms with Gasteiger partial charge in [0.25, 0.3) is 0 Å². The molecular formula is C12H15N5O2S2. The summed E-state index contributed by atoms with van der Waals surface area (Å²) in [5.74, 6) is 0.582. The van der Waals surface area contributed by atoms with E-state index in [9.17, 15) is 8.42 Å². The van der Waals surface area contributed by atoms with Crippen LogP contribution in [0, 0.1) is 0 Å². The van der Waals surface area contributed by atoms with Crippen LogP contribution in [0.5, 0.6) is 0 Å². The number of rotatable bonds is 7. The molecule has 0 spiro atoms. The van der Waals surface area contributed by atoms with Gasteiger partial charge in [0.2, 0.25) is 15.2 Å². The van der Waals surface area contributed by atoms with Gasteiger partial charge in [-0.2, -0.15) is 0 Å². The summed E-state index contributed by atoms with van der Waals surface area (Å²) >= 11 is 1.46. The summed E-state index contributed by atoms with van der Waals surface area (Å²) in [4.78, 5) is 0.276. The predicted molar refractivity (Wildman–Crippen MR) is 78.4 cm³/mol. The van der Waals surface area contributed by atoms with Gasteiger partial charge >= 0.3 is 0 Å². The van der Waals surface area contributed by atoms with Crippen molar-refractivity contribution in [2.24, 2.45) is 0 Å². The minimum absolute atomic E-state index is 0.276. The van der Waals surface area contributed by atoms with Crippen LogP contribution in [0.1, 0.15) is 18.9 Å². The normalized spacial score (nSPS) is 15.2. The van der Waals surface area contributed by atoms with Gasteiger partial charge in [-0.3, -0.25) is 0 Å². The van der Waals surface area contributed by atoms with Gasteiger partial charge in [0, 0.05) is 12.3 Å². The molecule has 1 saturated carbocycles. The fraction of sp³-hybridized carbons (Fsp3) is 0.417. The molecule has 3 rings (SSSR count). The molecule has 21 heavy (non-hydrogen) atoms. The molecule has 9 heteroatoms.